The van der Waals surface area contributed by atoms with E-state index >= 15 is 0 Å². The Morgan fingerprint density at radius 1 is 1.07 bits per heavy atom. The second-order valence-electron chi connectivity index (χ2n) is 6.61. The Hall–Kier alpha value is -4.13. The Kier molecular flexibility index (Phi) is 5.17. The number of hydrazone groups is 1. The molecule has 0 bridgehead atoms. The average molecular weight is 400 g/mol. The molecule has 0 fully saturated rings. The zero-order valence-electron chi connectivity index (χ0n) is 16.0. The summed E-state index contributed by atoms with van der Waals surface area (Å²) < 4.78 is 13.5. The van der Waals surface area contributed by atoms with Crippen molar-refractivity contribution in [3.8, 4) is 17.0 Å². The molecular formula is C23H17FN4O2. The van der Waals surface area contributed by atoms with E-state index in [1.807, 2.05) is 24.3 Å². The number of para-hydroxylation sites is 1. The summed E-state index contributed by atoms with van der Waals surface area (Å²) in [4.78, 5) is 21.7. The van der Waals surface area contributed by atoms with Crippen molar-refractivity contribution < 1.29 is 14.3 Å². The quantitative estimate of drug-likeness (QED) is 0.395. The molecule has 0 aliphatic heterocycles. The van der Waals surface area contributed by atoms with Crippen LogP contribution >= 0.6 is 0 Å². The highest BCUT2D eigenvalue weighted by Gasteiger charge is 2.14. The lowest BCUT2D eigenvalue weighted by atomic mass is 10.0. The van der Waals surface area contributed by atoms with Gasteiger partial charge < -0.3 is 5.11 Å². The van der Waals surface area contributed by atoms with Gasteiger partial charge in [-0.3, -0.25) is 9.78 Å². The molecule has 30 heavy (non-hydrogen) atoms. The van der Waals surface area contributed by atoms with Gasteiger partial charge in [-0.1, -0.05) is 18.2 Å². The lowest BCUT2D eigenvalue weighted by molar-refractivity contribution is 0.0956. The first-order chi connectivity index (χ1) is 14.5. The number of carbonyl (C=O) groups is 1. The van der Waals surface area contributed by atoms with Crippen LogP contribution in [0.25, 0.3) is 22.2 Å². The van der Waals surface area contributed by atoms with E-state index in [2.05, 4.69) is 20.5 Å². The van der Waals surface area contributed by atoms with Crippen LogP contribution in [0.3, 0.4) is 0 Å². The third kappa shape index (κ3) is 3.86. The molecule has 4 aromatic rings. The van der Waals surface area contributed by atoms with Gasteiger partial charge in [-0.2, -0.15) is 5.10 Å². The predicted octanol–water partition coefficient (Wildman–Crippen LogP) is 4.30. The largest absolute Gasteiger partial charge is 0.507 e. The normalized spacial score (nSPS) is 11.5. The van der Waals surface area contributed by atoms with Crippen LogP contribution in [0.15, 0.2) is 78.2 Å². The Morgan fingerprint density at radius 2 is 1.90 bits per heavy atom. The second-order valence-corrected chi connectivity index (χ2v) is 6.61. The fraction of sp³-hybridized carbons (Fsp3) is 0.0435. The van der Waals surface area contributed by atoms with Gasteiger partial charge in [-0.05, 0) is 49.4 Å². The molecule has 0 unspecified atom stereocenters. The number of carbonyl (C=O) groups excluding carboxylic acids is 1. The highest BCUT2D eigenvalue weighted by Crippen LogP contribution is 2.24. The summed E-state index contributed by atoms with van der Waals surface area (Å²) in [5, 5.41) is 14.6. The summed E-state index contributed by atoms with van der Waals surface area (Å²) in [6, 6.07) is 16.2. The van der Waals surface area contributed by atoms with Crippen LogP contribution in [0.2, 0.25) is 0 Å². The fourth-order valence-corrected chi connectivity index (χ4v) is 3.08. The van der Waals surface area contributed by atoms with Crippen LogP contribution in [0.1, 0.15) is 22.8 Å². The van der Waals surface area contributed by atoms with Crippen LogP contribution in [-0.4, -0.2) is 26.7 Å². The zero-order valence-corrected chi connectivity index (χ0v) is 16.0. The Labute approximate surface area is 171 Å². The monoisotopic (exact) mass is 400 g/mol. The molecule has 7 heteroatoms. The van der Waals surface area contributed by atoms with Crippen molar-refractivity contribution in [2.75, 3.05) is 0 Å². The molecule has 2 aromatic heterocycles. The molecule has 4 rings (SSSR count). The van der Waals surface area contributed by atoms with Gasteiger partial charge in [0.1, 0.15) is 11.6 Å². The minimum absolute atomic E-state index is 0.125. The molecule has 0 atom stereocenters. The number of aromatic hydroxyl groups is 1. The van der Waals surface area contributed by atoms with Crippen LogP contribution in [0.4, 0.5) is 4.39 Å². The minimum Gasteiger partial charge on any atom is -0.507 e. The molecule has 0 saturated heterocycles. The number of rotatable bonds is 4. The van der Waals surface area contributed by atoms with E-state index < -0.39 is 11.7 Å². The SMILES string of the molecule is C/C(=N\NC(=O)c1cc(-c2cccnc2)nc2ccccc12)c1cc(F)ccc1O. The van der Waals surface area contributed by atoms with Crippen molar-refractivity contribution in [2.45, 2.75) is 6.92 Å². The van der Waals surface area contributed by atoms with Crippen molar-refractivity contribution in [3.05, 3.63) is 90.0 Å². The molecule has 0 saturated carbocycles. The van der Waals surface area contributed by atoms with E-state index in [1.165, 1.54) is 6.07 Å². The predicted molar refractivity (Wildman–Crippen MR) is 113 cm³/mol. The summed E-state index contributed by atoms with van der Waals surface area (Å²) in [6.45, 7) is 1.57. The number of phenolic OH excluding ortho intramolecular Hbond substituents is 1. The van der Waals surface area contributed by atoms with Crippen LogP contribution in [-0.2, 0) is 0 Å². The molecule has 2 aromatic carbocycles. The Morgan fingerprint density at radius 3 is 2.70 bits per heavy atom. The zero-order chi connectivity index (χ0) is 21.1. The highest BCUT2D eigenvalue weighted by molar-refractivity contribution is 6.08. The summed E-state index contributed by atoms with van der Waals surface area (Å²) in [6.07, 6.45) is 3.34. The van der Waals surface area contributed by atoms with Crippen molar-refractivity contribution in [3.63, 3.8) is 0 Å². The van der Waals surface area contributed by atoms with Crippen molar-refractivity contribution in [1.29, 1.82) is 0 Å². The van der Waals surface area contributed by atoms with Gasteiger partial charge in [0.25, 0.3) is 5.91 Å². The molecule has 0 aliphatic carbocycles. The Balaban J connectivity index is 1.71. The first-order valence-corrected chi connectivity index (χ1v) is 9.16. The summed E-state index contributed by atoms with van der Waals surface area (Å²) in [7, 11) is 0. The van der Waals surface area contributed by atoms with Gasteiger partial charge in [0.2, 0.25) is 0 Å². The maximum Gasteiger partial charge on any atom is 0.272 e. The first-order valence-electron chi connectivity index (χ1n) is 9.16. The maximum absolute atomic E-state index is 13.5. The van der Waals surface area contributed by atoms with Crippen LogP contribution < -0.4 is 5.43 Å². The number of hydrogen-bond acceptors (Lipinski definition) is 5. The Bertz CT molecular complexity index is 1270. The fourth-order valence-electron chi connectivity index (χ4n) is 3.08. The number of aromatic nitrogens is 2. The molecule has 1 amide bonds. The number of nitrogens with one attached hydrogen (secondary N) is 1. The van der Waals surface area contributed by atoms with Crippen LogP contribution in [0, 0.1) is 5.82 Å². The molecule has 0 radical (unpaired) electrons. The van der Waals surface area contributed by atoms with Gasteiger partial charge in [-0.25, -0.2) is 14.8 Å². The molecule has 2 N–H and O–H groups in total. The number of fused-ring (bicyclic) bond motifs is 1. The lowest BCUT2D eigenvalue weighted by Crippen LogP contribution is -2.20. The molecule has 0 aliphatic rings. The average Bonchev–Trinajstić information content (AvgIpc) is 2.78. The van der Waals surface area contributed by atoms with Crippen molar-refractivity contribution >= 4 is 22.5 Å². The molecule has 0 spiro atoms. The molecule has 6 nitrogen and oxygen atoms in total. The summed E-state index contributed by atoms with van der Waals surface area (Å²) in [5.41, 5.74) is 5.39. The number of pyridine rings is 2. The third-order valence-electron chi connectivity index (χ3n) is 4.59. The van der Waals surface area contributed by atoms with Gasteiger partial charge in [0.15, 0.2) is 0 Å². The smallest absolute Gasteiger partial charge is 0.272 e. The highest BCUT2D eigenvalue weighted by atomic mass is 19.1. The number of halogens is 1. The number of amides is 1. The number of benzene rings is 2. The summed E-state index contributed by atoms with van der Waals surface area (Å²) in [5.74, 6) is -1.08. The van der Waals surface area contributed by atoms with E-state index in [1.54, 1.807) is 37.5 Å². The van der Waals surface area contributed by atoms with Gasteiger partial charge >= 0.3 is 0 Å². The van der Waals surface area contributed by atoms with E-state index in [0.717, 1.165) is 17.7 Å². The first kappa shape index (κ1) is 19.2. The van der Waals surface area contributed by atoms with Gasteiger partial charge in [0.05, 0.1) is 22.5 Å². The number of hydrogen-bond donors (Lipinski definition) is 2. The number of nitrogens with zero attached hydrogens (tertiary/aromatic N) is 3. The van der Waals surface area contributed by atoms with Gasteiger partial charge in [0, 0.05) is 28.9 Å². The summed E-state index contributed by atoms with van der Waals surface area (Å²) >= 11 is 0. The maximum atomic E-state index is 13.5. The lowest BCUT2D eigenvalue weighted by Gasteiger charge is -2.09. The van der Waals surface area contributed by atoms with Gasteiger partial charge in [-0.15, -0.1) is 0 Å². The number of phenols is 1. The molecular weight excluding hydrogens is 383 g/mol. The second kappa shape index (κ2) is 8.08. The van der Waals surface area contributed by atoms with E-state index in [9.17, 15) is 14.3 Å². The van der Waals surface area contributed by atoms with Crippen molar-refractivity contribution in [2.24, 2.45) is 5.10 Å². The standard InChI is InChI=1S/C23H17FN4O2/c1-14(18-11-16(24)8-9-22(18)29)27-28-23(30)19-12-21(15-5-4-10-25-13-15)26-20-7-3-2-6-17(19)20/h2-13,29H,1H3,(H,28,30)/b27-14+. The van der Waals surface area contributed by atoms with Crippen molar-refractivity contribution in [1.82, 2.24) is 15.4 Å². The topological polar surface area (TPSA) is 87.5 Å². The third-order valence-corrected chi connectivity index (χ3v) is 4.59. The van der Waals surface area contributed by atoms with E-state index in [4.69, 9.17) is 0 Å². The van der Waals surface area contributed by atoms with Crippen LogP contribution in [0.5, 0.6) is 5.75 Å². The minimum atomic E-state index is -0.509. The van der Waals surface area contributed by atoms with E-state index in [0.29, 0.717) is 22.2 Å². The van der Waals surface area contributed by atoms with E-state index in [-0.39, 0.29) is 17.0 Å². The molecule has 148 valence electrons. The molecule has 2 heterocycles.